The SMILES string of the molecule is CCCc1nc2ccccc2n1Cc1ccc2c(c1)COc1ccccc1/C2=C(\C)C#N. The van der Waals surface area contributed by atoms with Gasteiger partial charge in [0.25, 0.3) is 0 Å². The van der Waals surface area contributed by atoms with Crippen molar-refractivity contribution in [3.63, 3.8) is 0 Å². The van der Waals surface area contributed by atoms with Crippen LogP contribution in [-0.2, 0) is 19.6 Å². The third-order valence-electron chi connectivity index (χ3n) is 6.07. The van der Waals surface area contributed by atoms with E-state index >= 15 is 0 Å². The molecule has 158 valence electrons. The van der Waals surface area contributed by atoms with E-state index in [-0.39, 0.29) is 0 Å². The number of hydrogen-bond donors (Lipinski definition) is 0. The van der Waals surface area contributed by atoms with E-state index in [2.05, 4.69) is 54.0 Å². The fourth-order valence-corrected chi connectivity index (χ4v) is 4.57. The van der Waals surface area contributed by atoms with Crippen molar-refractivity contribution in [2.45, 2.75) is 39.8 Å². The maximum atomic E-state index is 9.68. The highest BCUT2D eigenvalue weighted by molar-refractivity contribution is 5.88. The number of aryl methyl sites for hydroxylation is 1. The first-order valence-corrected chi connectivity index (χ1v) is 11.1. The number of nitriles is 1. The van der Waals surface area contributed by atoms with E-state index in [1.54, 1.807) is 0 Å². The van der Waals surface area contributed by atoms with Crippen molar-refractivity contribution in [2.24, 2.45) is 0 Å². The molecule has 4 aromatic rings. The summed E-state index contributed by atoms with van der Waals surface area (Å²) in [6, 6.07) is 25.2. The zero-order chi connectivity index (χ0) is 22.1. The van der Waals surface area contributed by atoms with Crippen LogP contribution in [0, 0.1) is 11.3 Å². The molecule has 2 heterocycles. The minimum Gasteiger partial charge on any atom is -0.488 e. The molecule has 1 aliphatic rings. The lowest BCUT2D eigenvalue weighted by Gasteiger charge is -2.14. The zero-order valence-electron chi connectivity index (χ0n) is 18.4. The Morgan fingerprint density at radius 2 is 1.88 bits per heavy atom. The topological polar surface area (TPSA) is 50.8 Å². The van der Waals surface area contributed by atoms with Crippen LogP contribution in [0.3, 0.4) is 0 Å². The minimum atomic E-state index is 0.481. The van der Waals surface area contributed by atoms with Gasteiger partial charge < -0.3 is 9.30 Å². The molecule has 0 saturated heterocycles. The highest BCUT2D eigenvalue weighted by Gasteiger charge is 2.21. The van der Waals surface area contributed by atoms with E-state index in [4.69, 9.17) is 9.72 Å². The molecule has 0 fully saturated rings. The van der Waals surface area contributed by atoms with Crippen LogP contribution in [0.25, 0.3) is 16.6 Å². The Kier molecular flexibility index (Phi) is 5.25. The summed E-state index contributed by atoms with van der Waals surface area (Å²) in [7, 11) is 0. The second-order valence-corrected chi connectivity index (χ2v) is 8.24. The van der Waals surface area contributed by atoms with Gasteiger partial charge in [-0.15, -0.1) is 0 Å². The van der Waals surface area contributed by atoms with Crippen molar-refractivity contribution in [2.75, 3.05) is 0 Å². The molecule has 1 aliphatic heterocycles. The predicted octanol–water partition coefficient (Wildman–Crippen LogP) is 6.27. The molecule has 1 aromatic heterocycles. The minimum absolute atomic E-state index is 0.481. The summed E-state index contributed by atoms with van der Waals surface area (Å²) < 4.78 is 8.48. The van der Waals surface area contributed by atoms with Gasteiger partial charge in [-0.1, -0.05) is 49.4 Å². The summed E-state index contributed by atoms with van der Waals surface area (Å²) >= 11 is 0. The molecule has 4 heteroatoms. The lowest BCUT2D eigenvalue weighted by atomic mass is 9.90. The van der Waals surface area contributed by atoms with Gasteiger partial charge in [-0.05, 0) is 54.3 Å². The molecule has 0 radical (unpaired) electrons. The van der Waals surface area contributed by atoms with Crippen LogP contribution in [-0.4, -0.2) is 9.55 Å². The average molecular weight is 420 g/mol. The number of nitrogens with zero attached hydrogens (tertiary/aromatic N) is 3. The molecule has 0 spiro atoms. The molecule has 4 nitrogen and oxygen atoms in total. The van der Waals surface area contributed by atoms with E-state index in [0.29, 0.717) is 12.2 Å². The van der Waals surface area contributed by atoms with E-state index in [1.165, 1.54) is 5.56 Å². The van der Waals surface area contributed by atoms with Gasteiger partial charge in [0, 0.05) is 29.7 Å². The maximum Gasteiger partial charge on any atom is 0.127 e. The van der Waals surface area contributed by atoms with Crippen molar-refractivity contribution in [1.29, 1.82) is 5.26 Å². The highest BCUT2D eigenvalue weighted by atomic mass is 16.5. The largest absolute Gasteiger partial charge is 0.488 e. The quantitative estimate of drug-likeness (QED) is 0.366. The lowest BCUT2D eigenvalue weighted by Crippen LogP contribution is -2.06. The number of para-hydroxylation sites is 3. The number of benzene rings is 3. The smallest absolute Gasteiger partial charge is 0.127 e. The van der Waals surface area contributed by atoms with E-state index in [0.717, 1.165) is 64.3 Å². The van der Waals surface area contributed by atoms with Crippen LogP contribution in [0.15, 0.2) is 72.3 Å². The summed E-state index contributed by atoms with van der Waals surface area (Å²) in [5, 5.41) is 9.68. The second kappa shape index (κ2) is 8.36. The molecular weight excluding hydrogens is 394 g/mol. The Morgan fingerprint density at radius 1 is 1.06 bits per heavy atom. The Labute approximate surface area is 188 Å². The van der Waals surface area contributed by atoms with Crippen molar-refractivity contribution >= 4 is 16.6 Å². The van der Waals surface area contributed by atoms with Crippen LogP contribution >= 0.6 is 0 Å². The summed E-state index contributed by atoms with van der Waals surface area (Å²) in [6.45, 7) is 5.30. The summed E-state index contributed by atoms with van der Waals surface area (Å²) in [4.78, 5) is 4.87. The van der Waals surface area contributed by atoms with Gasteiger partial charge in [-0.25, -0.2) is 4.98 Å². The highest BCUT2D eigenvalue weighted by Crippen LogP contribution is 2.38. The number of ether oxygens (including phenoxy) is 1. The van der Waals surface area contributed by atoms with Crippen molar-refractivity contribution in [1.82, 2.24) is 9.55 Å². The molecular formula is C28H25N3O. The van der Waals surface area contributed by atoms with Gasteiger partial charge in [0.15, 0.2) is 0 Å². The third kappa shape index (κ3) is 3.46. The molecule has 0 unspecified atom stereocenters. The fourth-order valence-electron chi connectivity index (χ4n) is 4.57. The van der Waals surface area contributed by atoms with Gasteiger partial charge in [0.2, 0.25) is 0 Å². The number of fused-ring (bicyclic) bond motifs is 3. The van der Waals surface area contributed by atoms with Gasteiger partial charge in [-0.2, -0.15) is 5.26 Å². The number of aromatic nitrogens is 2. The Hall–Kier alpha value is -3.84. The first-order valence-electron chi connectivity index (χ1n) is 11.1. The molecule has 5 rings (SSSR count). The van der Waals surface area contributed by atoms with Crippen LogP contribution in [0.5, 0.6) is 5.75 Å². The number of hydrogen-bond acceptors (Lipinski definition) is 3. The summed E-state index contributed by atoms with van der Waals surface area (Å²) in [5.74, 6) is 1.94. The summed E-state index contributed by atoms with van der Waals surface area (Å²) in [5.41, 5.74) is 8.21. The van der Waals surface area contributed by atoms with Crippen LogP contribution < -0.4 is 4.74 Å². The maximum absolute atomic E-state index is 9.68. The van der Waals surface area contributed by atoms with Gasteiger partial charge >= 0.3 is 0 Å². The van der Waals surface area contributed by atoms with E-state index in [1.807, 2.05) is 37.3 Å². The third-order valence-corrected chi connectivity index (χ3v) is 6.07. The lowest BCUT2D eigenvalue weighted by molar-refractivity contribution is 0.307. The molecule has 3 aromatic carbocycles. The van der Waals surface area contributed by atoms with Gasteiger partial charge in [0.1, 0.15) is 18.2 Å². The first kappa shape index (κ1) is 20.1. The number of allylic oxidation sites excluding steroid dienone is 1. The van der Waals surface area contributed by atoms with Crippen LogP contribution in [0.2, 0.25) is 0 Å². The monoisotopic (exact) mass is 419 g/mol. The fraction of sp³-hybridized carbons (Fsp3) is 0.214. The molecule has 32 heavy (non-hydrogen) atoms. The number of imidazole rings is 1. The predicted molar refractivity (Wildman–Crippen MR) is 127 cm³/mol. The normalized spacial score (nSPS) is 14.2. The van der Waals surface area contributed by atoms with Crippen LogP contribution in [0.4, 0.5) is 0 Å². The van der Waals surface area contributed by atoms with Crippen molar-refractivity contribution in [3.8, 4) is 11.8 Å². The van der Waals surface area contributed by atoms with Crippen molar-refractivity contribution in [3.05, 3.63) is 100 Å². The molecule has 0 amide bonds. The summed E-state index contributed by atoms with van der Waals surface area (Å²) in [6.07, 6.45) is 2.01. The van der Waals surface area contributed by atoms with Gasteiger partial charge in [0.05, 0.1) is 17.1 Å². The Balaban J connectivity index is 1.60. The first-order chi connectivity index (χ1) is 15.7. The molecule has 0 bridgehead atoms. The van der Waals surface area contributed by atoms with Gasteiger partial charge in [-0.3, -0.25) is 0 Å². The number of rotatable bonds is 4. The molecule has 0 N–H and O–H groups in total. The standard InChI is InChI=1S/C28H25N3O/c1-3-8-27-30-24-10-5-6-11-25(24)31(27)17-20-13-14-22-21(15-20)18-32-26-12-7-4-9-23(26)28(22)19(2)16-29/h4-7,9-15H,3,8,17-18H2,1-2H3/b28-19+. The molecule has 0 aliphatic carbocycles. The Morgan fingerprint density at radius 3 is 2.72 bits per heavy atom. The Bertz CT molecular complexity index is 1390. The van der Waals surface area contributed by atoms with Crippen LogP contribution in [0.1, 0.15) is 48.3 Å². The van der Waals surface area contributed by atoms with Crippen molar-refractivity contribution < 1.29 is 4.74 Å². The zero-order valence-corrected chi connectivity index (χ0v) is 18.4. The second-order valence-electron chi connectivity index (χ2n) is 8.24. The van der Waals surface area contributed by atoms with E-state index < -0.39 is 0 Å². The average Bonchev–Trinajstić information content (AvgIpc) is 3.07. The molecule has 0 saturated carbocycles. The van der Waals surface area contributed by atoms with E-state index in [9.17, 15) is 5.26 Å². The molecule has 0 atom stereocenters.